The Hall–Kier alpha value is -1.02. The van der Waals surface area contributed by atoms with Gasteiger partial charge in [-0.1, -0.05) is 47.5 Å². The van der Waals surface area contributed by atoms with Gasteiger partial charge in [0.25, 0.3) is 0 Å². The van der Waals surface area contributed by atoms with E-state index in [1.165, 1.54) is 24.0 Å². The molecule has 110 valence electrons. The Morgan fingerprint density at radius 1 is 0.857 bits per heavy atom. The third kappa shape index (κ3) is 3.79. The van der Waals surface area contributed by atoms with Crippen LogP contribution in [0.2, 0.25) is 10.0 Å². The third-order valence-corrected chi connectivity index (χ3v) is 4.63. The first-order valence-electron chi connectivity index (χ1n) is 7.40. The van der Waals surface area contributed by atoms with Gasteiger partial charge in [-0.15, -0.1) is 0 Å². The van der Waals surface area contributed by atoms with Crippen LogP contribution in [0.4, 0.5) is 0 Å². The molecule has 1 aliphatic carbocycles. The van der Waals surface area contributed by atoms with Crippen LogP contribution in [0.1, 0.15) is 43.0 Å². The second-order valence-corrected chi connectivity index (χ2v) is 6.68. The quantitative estimate of drug-likeness (QED) is 0.734. The van der Waals surface area contributed by atoms with E-state index >= 15 is 0 Å². The van der Waals surface area contributed by atoms with E-state index < -0.39 is 0 Å². The molecule has 0 aliphatic heterocycles. The standard InChI is InChI=1S/C18H19Cl2N/c1-12(13-4-8-16(19)9-5-13)21-18(14-2-3-14)15-6-10-17(20)11-7-15/h4-12,14,18,21H,2-3H2,1H3. The van der Waals surface area contributed by atoms with Crippen molar-refractivity contribution in [2.24, 2.45) is 5.92 Å². The minimum absolute atomic E-state index is 0.295. The van der Waals surface area contributed by atoms with Crippen molar-refractivity contribution in [3.05, 3.63) is 69.7 Å². The predicted molar refractivity (Wildman–Crippen MR) is 89.9 cm³/mol. The number of benzene rings is 2. The minimum Gasteiger partial charge on any atom is -0.303 e. The normalized spacial score (nSPS) is 17.5. The molecular weight excluding hydrogens is 301 g/mol. The average molecular weight is 320 g/mol. The molecule has 3 rings (SSSR count). The smallest absolute Gasteiger partial charge is 0.0406 e. The van der Waals surface area contributed by atoms with Crippen molar-refractivity contribution < 1.29 is 0 Å². The minimum atomic E-state index is 0.295. The number of hydrogen-bond donors (Lipinski definition) is 1. The molecule has 0 heterocycles. The van der Waals surface area contributed by atoms with E-state index in [-0.39, 0.29) is 0 Å². The SMILES string of the molecule is CC(NC(c1ccc(Cl)cc1)C1CC1)c1ccc(Cl)cc1. The number of nitrogens with one attached hydrogen (secondary N) is 1. The monoisotopic (exact) mass is 319 g/mol. The molecule has 0 radical (unpaired) electrons. The van der Waals surface area contributed by atoms with E-state index in [1.807, 2.05) is 24.3 Å². The summed E-state index contributed by atoms with van der Waals surface area (Å²) in [6, 6.07) is 17.0. The fraction of sp³-hybridized carbons (Fsp3) is 0.333. The molecular formula is C18H19Cl2N. The third-order valence-electron chi connectivity index (χ3n) is 4.12. The molecule has 2 unspecified atom stereocenters. The molecule has 1 aliphatic rings. The maximum atomic E-state index is 6.00. The highest BCUT2D eigenvalue weighted by molar-refractivity contribution is 6.30. The molecule has 2 aromatic rings. The molecule has 1 fully saturated rings. The van der Waals surface area contributed by atoms with Gasteiger partial charge in [0, 0.05) is 22.1 Å². The van der Waals surface area contributed by atoms with E-state index in [2.05, 4.69) is 36.5 Å². The van der Waals surface area contributed by atoms with Crippen molar-refractivity contribution in [3.8, 4) is 0 Å². The highest BCUT2D eigenvalue weighted by Crippen LogP contribution is 2.42. The lowest BCUT2D eigenvalue weighted by Crippen LogP contribution is -2.26. The molecule has 2 atom stereocenters. The maximum Gasteiger partial charge on any atom is 0.0406 e. The van der Waals surface area contributed by atoms with Gasteiger partial charge in [0.2, 0.25) is 0 Å². The number of halogens is 2. The molecule has 2 aromatic carbocycles. The van der Waals surface area contributed by atoms with E-state index in [9.17, 15) is 0 Å². The van der Waals surface area contributed by atoms with Crippen LogP contribution >= 0.6 is 23.2 Å². The fourth-order valence-corrected chi connectivity index (χ4v) is 2.97. The Balaban J connectivity index is 1.76. The molecule has 1 saturated carbocycles. The Bertz CT molecular complexity index is 588. The molecule has 0 spiro atoms. The highest BCUT2D eigenvalue weighted by atomic mass is 35.5. The second kappa shape index (κ2) is 6.39. The van der Waals surface area contributed by atoms with Gasteiger partial charge in [0.1, 0.15) is 0 Å². The van der Waals surface area contributed by atoms with Crippen LogP contribution in [0.3, 0.4) is 0 Å². The van der Waals surface area contributed by atoms with Crippen LogP contribution in [0.25, 0.3) is 0 Å². The van der Waals surface area contributed by atoms with Crippen molar-refractivity contribution in [1.82, 2.24) is 5.32 Å². The van der Waals surface area contributed by atoms with Crippen LogP contribution in [0.5, 0.6) is 0 Å². The van der Waals surface area contributed by atoms with Crippen LogP contribution in [0.15, 0.2) is 48.5 Å². The number of rotatable bonds is 5. The van der Waals surface area contributed by atoms with Crippen LogP contribution in [-0.4, -0.2) is 0 Å². The van der Waals surface area contributed by atoms with Crippen molar-refractivity contribution >= 4 is 23.2 Å². The number of hydrogen-bond acceptors (Lipinski definition) is 1. The van der Waals surface area contributed by atoms with E-state index in [0.29, 0.717) is 12.1 Å². The van der Waals surface area contributed by atoms with Gasteiger partial charge in [0.15, 0.2) is 0 Å². The van der Waals surface area contributed by atoms with E-state index in [0.717, 1.165) is 16.0 Å². The van der Waals surface area contributed by atoms with Crippen molar-refractivity contribution in [2.45, 2.75) is 31.8 Å². The van der Waals surface area contributed by atoms with E-state index in [4.69, 9.17) is 23.2 Å². The molecule has 0 aromatic heterocycles. The molecule has 3 heteroatoms. The Morgan fingerprint density at radius 3 is 1.81 bits per heavy atom. The summed E-state index contributed by atoms with van der Waals surface area (Å²) in [4.78, 5) is 0. The van der Waals surface area contributed by atoms with E-state index in [1.54, 1.807) is 0 Å². The lowest BCUT2D eigenvalue weighted by atomic mass is 9.99. The zero-order valence-electron chi connectivity index (χ0n) is 12.0. The summed E-state index contributed by atoms with van der Waals surface area (Å²) in [5.74, 6) is 0.737. The van der Waals surface area contributed by atoms with Gasteiger partial charge in [-0.05, 0) is 61.1 Å². The molecule has 0 bridgehead atoms. The van der Waals surface area contributed by atoms with Crippen LogP contribution < -0.4 is 5.32 Å². The highest BCUT2D eigenvalue weighted by Gasteiger charge is 2.33. The fourth-order valence-electron chi connectivity index (χ4n) is 2.72. The van der Waals surface area contributed by atoms with Gasteiger partial charge < -0.3 is 5.32 Å². The summed E-state index contributed by atoms with van der Waals surface area (Å²) < 4.78 is 0. The van der Waals surface area contributed by atoms with Crippen molar-refractivity contribution in [1.29, 1.82) is 0 Å². The van der Waals surface area contributed by atoms with Gasteiger partial charge in [-0.3, -0.25) is 0 Å². The van der Waals surface area contributed by atoms with Crippen LogP contribution in [-0.2, 0) is 0 Å². The summed E-state index contributed by atoms with van der Waals surface area (Å²) in [6.07, 6.45) is 2.60. The topological polar surface area (TPSA) is 12.0 Å². The zero-order valence-corrected chi connectivity index (χ0v) is 13.5. The summed E-state index contributed by atoms with van der Waals surface area (Å²) >= 11 is 12.0. The van der Waals surface area contributed by atoms with Crippen molar-refractivity contribution in [3.63, 3.8) is 0 Å². The Kier molecular flexibility index (Phi) is 4.54. The zero-order chi connectivity index (χ0) is 14.8. The van der Waals surface area contributed by atoms with Gasteiger partial charge in [-0.2, -0.15) is 0 Å². The molecule has 0 saturated heterocycles. The predicted octanol–water partition coefficient (Wildman–Crippen LogP) is 5.80. The Labute approximate surface area is 136 Å². The van der Waals surface area contributed by atoms with Crippen LogP contribution in [0, 0.1) is 5.92 Å². The Morgan fingerprint density at radius 2 is 1.33 bits per heavy atom. The first-order valence-corrected chi connectivity index (χ1v) is 8.16. The summed E-state index contributed by atoms with van der Waals surface area (Å²) in [7, 11) is 0. The van der Waals surface area contributed by atoms with Gasteiger partial charge >= 0.3 is 0 Å². The summed E-state index contributed by atoms with van der Waals surface area (Å²) in [6.45, 7) is 2.20. The van der Waals surface area contributed by atoms with Crippen molar-refractivity contribution in [2.75, 3.05) is 0 Å². The molecule has 21 heavy (non-hydrogen) atoms. The second-order valence-electron chi connectivity index (χ2n) is 5.81. The molecule has 0 amide bonds. The average Bonchev–Trinajstić information content (AvgIpc) is 3.31. The summed E-state index contributed by atoms with van der Waals surface area (Å²) in [5.41, 5.74) is 2.58. The first kappa shape index (κ1) is 14.9. The lowest BCUT2D eigenvalue weighted by molar-refractivity contribution is 0.427. The molecule has 1 N–H and O–H groups in total. The maximum absolute atomic E-state index is 6.00. The first-order chi connectivity index (χ1) is 10.1. The largest absolute Gasteiger partial charge is 0.303 e. The van der Waals surface area contributed by atoms with Gasteiger partial charge in [-0.25, -0.2) is 0 Å². The molecule has 1 nitrogen and oxygen atoms in total. The summed E-state index contributed by atoms with van der Waals surface area (Å²) in [5, 5.41) is 5.34. The van der Waals surface area contributed by atoms with Gasteiger partial charge in [0.05, 0.1) is 0 Å². The lowest BCUT2D eigenvalue weighted by Gasteiger charge is -2.24.